The number of nitrogens with two attached hydrogens (primary N) is 1. The Morgan fingerprint density at radius 2 is 2.12 bits per heavy atom. The van der Waals surface area contributed by atoms with Crippen LogP contribution in [0.2, 0.25) is 0 Å². The number of rotatable bonds is 2. The van der Waals surface area contributed by atoms with Gasteiger partial charge in [-0.25, -0.2) is 0 Å². The average Bonchev–Trinajstić information content (AvgIpc) is 2.25. The molecule has 0 fully saturated rings. The van der Waals surface area contributed by atoms with Gasteiger partial charge in [0.25, 0.3) is 0 Å². The fraction of sp³-hybridized carbons (Fsp3) is 0.300. The monoisotopic (exact) mass is 231 g/mol. The normalized spacial score (nSPS) is 12.6. The topological polar surface area (TPSA) is 50.4 Å². The Balaban J connectivity index is 2.76. The van der Waals surface area contributed by atoms with Crippen LogP contribution >= 0.6 is 0 Å². The minimum Gasteiger partial charge on any atom is -0.370 e. The molecule has 0 atom stereocenters. The number of hydrogen-bond acceptors (Lipinski definition) is 1. The van der Waals surface area contributed by atoms with Crippen LogP contribution in [0.3, 0.4) is 0 Å². The number of aliphatic imine (C=N–C) groups is 1. The number of nitrogens with zero attached hydrogens (tertiary/aromatic N) is 1. The molecule has 0 saturated heterocycles. The average molecular weight is 231 g/mol. The number of halogens is 3. The number of guanidine groups is 1. The molecule has 0 bridgehead atoms. The van der Waals surface area contributed by atoms with Crippen LogP contribution in [-0.2, 0) is 12.7 Å². The highest BCUT2D eigenvalue weighted by molar-refractivity contribution is 5.77. The highest BCUT2D eigenvalue weighted by Crippen LogP contribution is 2.29. The molecule has 0 radical (unpaired) electrons. The fourth-order valence-electron chi connectivity index (χ4n) is 1.13. The summed E-state index contributed by atoms with van der Waals surface area (Å²) in [7, 11) is 1.49. The Bertz CT molecular complexity index is 385. The first-order valence-corrected chi connectivity index (χ1v) is 4.55. The van der Waals surface area contributed by atoms with Crippen LogP contribution in [0.5, 0.6) is 0 Å². The van der Waals surface area contributed by atoms with E-state index in [0.717, 1.165) is 12.1 Å². The summed E-state index contributed by atoms with van der Waals surface area (Å²) in [6, 6.07) is 5.06. The van der Waals surface area contributed by atoms with Gasteiger partial charge >= 0.3 is 6.18 Å². The number of benzene rings is 1. The van der Waals surface area contributed by atoms with Crippen molar-refractivity contribution >= 4 is 5.96 Å². The smallest absolute Gasteiger partial charge is 0.370 e. The van der Waals surface area contributed by atoms with Gasteiger partial charge in [0.1, 0.15) is 0 Å². The van der Waals surface area contributed by atoms with Crippen molar-refractivity contribution in [3.8, 4) is 0 Å². The van der Waals surface area contributed by atoms with Crippen LogP contribution in [0.25, 0.3) is 0 Å². The van der Waals surface area contributed by atoms with Crippen molar-refractivity contribution in [2.45, 2.75) is 12.7 Å². The zero-order chi connectivity index (χ0) is 12.2. The van der Waals surface area contributed by atoms with E-state index in [-0.39, 0.29) is 12.5 Å². The van der Waals surface area contributed by atoms with E-state index in [1.165, 1.54) is 13.1 Å². The van der Waals surface area contributed by atoms with Crippen LogP contribution in [0, 0.1) is 0 Å². The van der Waals surface area contributed by atoms with E-state index in [1.54, 1.807) is 6.07 Å². The largest absolute Gasteiger partial charge is 0.416 e. The maximum absolute atomic E-state index is 12.4. The zero-order valence-corrected chi connectivity index (χ0v) is 8.67. The van der Waals surface area contributed by atoms with Gasteiger partial charge in [0, 0.05) is 13.6 Å². The second-order valence-electron chi connectivity index (χ2n) is 3.16. The molecule has 1 aromatic rings. The Hall–Kier alpha value is -1.72. The lowest BCUT2D eigenvalue weighted by Crippen LogP contribution is -2.30. The molecule has 0 amide bonds. The van der Waals surface area contributed by atoms with E-state index in [9.17, 15) is 13.2 Å². The summed E-state index contributed by atoms with van der Waals surface area (Å²) in [5.41, 5.74) is 5.19. The van der Waals surface area contributed by atoms with Crippen LogP contribution in [-0.4, -0.2) is 13.0 Å². The zero-order valence-electron chi connectivity index (χ0n) is 8.67. The molecular formula is C10H12F3N3. The quantitative estimate of drug-likeness (QED) is 0.601. The van der Waals surface area contributed by atoms with Gasteiger partial charge in [-0.2, -0.15) is 13.2 Å². The molecular weight excluding hydrogens is 219 g/mol. The lowest BCUT2D eigenvalue weighted by Gasteiger charge is -2.09. The second kappa shape index (κ2) is 4.87. The molecule has 0 aliphatic heterocycles. The predicted molar refractivity (Wildman–Crippen MR) is 55.8 cm³/mol. The van der Waals surface area contributed by atoms with Gasteiger partial charge in [0.05, 0.1) is 5.56 Å². The third kappa shape index (κ3) is 3.45. The third-order valence-corrected chi connectivity index (χ3v) is 1.97. The molecule has 3 nitrogen and oxygen atoms in total. The standard InChI is InChI=1S/C10H12F3N3/c1-15-9(14)16-6-7-3-2-4-8(5-7)10(11,12)13/h2-5H,6H2,1H3,(H3,14,15,16). The van der Waals surface area contributed by atoms with Crippen molar-refractivity contribution in [3.05, 3.63) is 35.4 Å². The molecule has 88 valence electrons. The van der Waals surface area contributed by atoms with Gasteiger partial charge in [0.15, 0.2) is 5.96 Å². The molecule has 6 heteroatoms. The molecule has 0 aliphatic carbocycles. The lowest BCUT2D eigenvalue weighted by atomic mass is 10.1. The summed E-state index contributed by atoms with van der Waals surface area (Å²) in [6.07, 6.45) is -4.32. The maximum atomic E-state index is 12.4. The molecule has 0 aromatic heterocycles. The van der Waals surface area contributed by atoms with Crippen LogP contribution in [0.4, 0.5) is 13.2 Å². The van der Waals surface area contributed by atoms with E-state index < -0.39 is 11.7 Å². The Labute approximate surface area is 91.2 Å². The first-order chi connectivity index (χ1) is 7.43. The molecule has 0 saturated carbocycles. The fourth-order valence-corrected chi connectivity index (χ4v) is 1.13. The summed E-state index contributed by atoms with van der Waals surface area (Å²) in [4.78, 5) is 3.64. The van der Waals surface area contributed by atoms with Crippen LogP contribution in [0.15, 0.2) is 29.3 Å². The Morgan fingerprint density at radius 3 is 2.69 bits per heavy atom. The number of alkyl halides is 3. The summed E-state index contributed by atoms with van der Waals surface area (Å²) < 4.78 is 37.1. The van der Waals surface area contributed by atoms with Gasteiger partial charge in [0.2, 0.25) is 0 Å². The van der Waals surface area contributed by atoms with E-state index in [1.807, 2.05) is 0 Å². The molecule has 16 heavy (non-hydrogen) atoms. The minimum atomic E-state index is -4.32. The molecule has 1 rings (SSSR count). The second-order valence-corrected chi connectivity index (χ2v) is 3.16. The van der Waals surface area contributed by atoms with Crippen molar-refractivity contribution in [3.63, 3.8) is 0 Å². The van der Waals surface area contributed by atoms with E-state index >= 15 is 0 Å². The van der Waals surface area contributed by atoms with E-state index in [4.69, 9.17) is 5.73 Å². The SMILES string of the molecule is CN=C(N)NCc1cccc(C(F)(F)F)c1. The molecule has 0 unspecified atom stereocenters. The minimum absolute atomic E-state index is 0.192. The molecule has 3 N–H and O–H groups in total. The Morgan fingerprint density at radius 1 is 1.44 bits per heavy atom. The third-order valence-electron chi connectivity index (χ3n) is 1.97. The van der Waals surface area contributed by atoms with Gasteiger partial charge in [-0.1, -0.05) is 12.1 Å². The van der Waals surface area contributed by atoms with Crippen molar-refractivity contribution in [1.29, 1.82) is 0 Å². The Kier molecular flexibility index (Phi) is 3.76. The van der Waals surface area contributed by atoms with Crippen molar-refractivity contribution < 1.29 is 13.2 Å². The molecule has 0 aliphatic rings. The van der Waals surface area contributed by atoms with E-state index in [2.05, 4.69) is 10.3 Å². The summed E-state index contributed by atoms with van der Waals surface area (Å²) in [6.45, 7) is 0.215. The van der Waals surface area contributed by atoms with Gasteiger partial charge in [-0.15, -0.1) is 0 Å². The molecule has 0 spiro atoms. The first kappa shape index (κ1) is 12.4. The summed E-state index contributed by atoms with van der Waals surface area (Å²) >= 11 is 0. The summed E-state index contributed by atoms with van der Waals surface area (Å²) in [5, 5.41) is 2.69. The van der Waals surface area contributed by atoms with Gasteiger partial charge in [-0.3, -0.25) is 4.99 Å². The highest BCUT2D eigenvalue weighted by atomic mass is 19.4. The summed E-state index contributed by atoms with van der Waals surface area (Å²) in [5.74, 6) is 0.192. The molecule has 0 heterocycles. The highest BCUT2D eigenvalue weighted by Gasteiger charge is 2.30. The van der Waals surface area contributed by atoms with Gasteiger partial charge < -0.3 is 11.1 Å². The number of hydrogen-bond donors (Lipinski definition) is 2. The molecule has 1 aromatic carbocycles. The first-order valence-electron chi connectivity index (χ1n) is 4.55. The van der Waals surface area contributed by atoms with Crippen LogP contribution in [0.1, 0.15) is 11.1 Å². The van der Waals surface area contributed by atoms with Crippen LogP contribution < -0.4 is 11.1 Å². The van der Waals surface area contributed by atoms with Crippen molar-refractivity contribution in [2.24, 2.45) is 10.7 Å². The van der Waals surface area contributed by atoms with Gasteiger partial charge in [-0.05, 0) is 17.7 Å². The number of nitrogens with one attached hydrogen (secondary N) is 1. The maximum Gasteiger partial charge on any atom is 0.416 e. The van der Waals surface area contributed by atoms with E-state index in [0.29, 0.717) is 5.56 Å². The predicted octanol–water partition coefficient (Wildman–Crippen LogP) is 1.74. The van der Waals surface area contributed by atoms with Crippen molar-refractivity contribution in [1.82, 2.24) is 5.32 Å². The lowest BCUT2D eigenvalue weighted by molar-refractivity contribution is -0.137. The van der Waals surface area contributed by atoms with Crippen molar-refractivity contribution in [2.75, 3.05) is 7.05 Å².